The monoisotopic (exact) mass is 360 g/mol. The average molecular weight is 360 g/mol. The third kappa shape index (κ3) is 3.60. The number of carbonyl (C=O) groups is 1. The second-order valence-electron chi connectivity index (χ2n) is 5.72. The van der Waals surface area contributed by atoms with Crippen molar-refractivity contribution in [2.24, 2.45) is 0 Å². The first-order valence-electron chi connectivity index (χ1n) is 8.17. The molecular weight excluding hydrogens is 344 g/mol. The van der Waals surface area contributed by atoms with Gasteiger partial charge in [-0.15, -0.1) is 10.2 Å². The summed E-state index contributed by atoms with van der Waals surface area (Å²) in [6, 6.07) is 22.9. The standard InChI is InChI=1S/C20H16N4OS/c25-19(21-17-6-2-1-3-7-17)16-11-9-15(10-12-16)14-26-20-23-22-18-8-4-5-13-24(18)20/h1-13H,14H2,(H,21,25). The highest BCUT2D eigenvalue weighted by atomic mass is 32.2. The van der Waals surface area contributed by atoms with Gasteiger partial charge >= 0.3 is 0 Å². The van der Waals surface area contributed by atoms with Crippen LogP contribution in [0.15, 0.2) is 84.1 Å². The van der Waals surface area contributed by atoms with E-state index < -0.39 is 0 Å². The highest BCUT2D eigenvalue weighted by Gasteiger charge is 2.08. The van der Waals surface area contributed by atoms with Crippen molar-refractivity contribution < 1.29 is 4.79 Å². The highest BCUT2D eigenvalue weighted by Crippen LogP contribution is 2.22. The third-order valence-corrected chi connectivity index (χ3v) is 4.91. The van der Waals surface area contributed by atoms with E-state index in [1.54, 1.807) is 11.8 Å². The molecule has 1 amide bonds. The molecule has 4 aromatic rings. The number of rotatable bonds is 5. The van der Waals surface area contributed by atoms with Gasteiger partial charge in [-0.2, -0.15) is 0 Å². The van der Waals surface area contributed by atoms with E-state index in [1.807, 2.05) is 83.4 Å². The summed E-state index contributed by atoms with van der Waals surface area (Å²) in [7, 11) is 0. The zero-order valence-electron chi connectivity index (χ0n) is 13.9. The van der Waals surface area contributed by atoms with E-state index in [0.29, 0.717) is 5.56 Å². The number of para-hydroxylation sites is 1. The van der Waals surface area contributed by atoms with Gasteiger partial charge in [0.2, 0.25) is 0 Å². The smallest absolute Gasteiger partial charge is 0.255 e. The number of thioether (sulfide) groups is 1. The molecule has 26 heavy (non-hydrogen) atoms. The zero-order valence-corrected chi connectivity index (χ0v) is 14.7. The Morgan fingerprint density at radius 3 is 2.50 bits per heavy atom. The third-order valence-electron chi connectivity index (χ3n) is 3.90. The van der Waals surface area contributed by atoms with Crippen LogP contribution in [0.4, 0.5) is 5.69 Å². The van der Waals surface area contributed by atoms with Gasteiger partial charge in [0.15, 0.2) is 10.8 Å². The topological polar surface area (TPSA) is 59.3 Å². The van der Waals surface area contributed by atoms with Crippen molar-refractivity contribution >= 4 is 29.0 Å². The Bertz CT molecular complexity index is 1030. The molecule has 2 heterocycles. The first-order chi connectivity index (χ1) is 12.8. The Kier molecular flexibility index (Phi) is 4.66. The number of hydrogen-bond acceptors (Lipinski definition) is 4. The van der Waals surface area contributed by atoms with Crippen molar-refractivity contribution in [2.75, 3.05) is 5.32 Å². The lowest BCUT2D eigenvalue weighted by Gasteiger charge is -2.06. The Morgan fingerprint density at radius 1 is 0.923 bits per heavy atom. The molecule has 0 saturated carbocycles. The molecule has 0 saturated heterocycles. The number of benzene rings is 2. The first-order valence-corrected chi connectivity index (χ1v) is 9.16. The summed E-state index contributed by atoms with van der Waals surface area (Å²) >= 11 is 1.62. The Balaban J connectivity index is 1.40. The van der Waals surface area contributed by atoms with Crippen molar-refractivity contribution in [1.82, 2.24) is 14.6 Å². The van der Waals surface area contributed by atoms with Crippen LogP contribution in [0.25, 0.3) is 5.65 Å². The van der Waals surface area contributed by atoms with Crippen LogP contribution in [0.2, 0.25) is 0 Å². The fraction of sp³-hybridized carbons (Fsp3) is 0.0500. The summed E-state index contributed by atoms with van der Waals surface area (Å²) in [6.45, 7) is 0. The molecule has 1 N–H and O–H groups in total. The van der Waals surface area contributed by atoms with Crippen LogP contribution < -0.4 is 5.32 Å². The molecule has 0 atom stereocenters. The second-order valence-corrected chi connectivity index (χ2v) is 6.66. The van der Waals surface area contributed by atoms with Crippen LogP contribution in [0, 0.1) is 0 Å². The highest BCUT2D eigenvalue weighted by molar-refractivity contribution is 7.98. The molecule has 0 aliphatic heterocycles. The molecule has 0 aliphatic carbocycles. The Hall–Kier alpha value is -3.12. The minimum atomic E-state index is -0.112. The largest absolute Gasteiger partial charge is 0.322 e. The number of amides is 1. The molecule has 128 valence electrons. The number of hydrogen-bond donors (Lipinski definition) is 1. The maximum atomic E-state index is 12.3. The molecule has 6 heteroatoms. The lowest BCUT2D eigenvalue weighted by molar-refractivity contribution is 0.102. The van der Waals surface area contributed by atoms with Crippen molar-refractivity contribution in [3.63, 3.8) is 0 Å². The quantitative estimate of drug-likeness (QED) is 0.540. The molecule has 0 aliphatic rings. The van der Waals surface area contributed by atoms with E-state index in [2.05, 4.69) is 15.5 Å². The van der Waals surface area contributed by atoms with Crippen LogP contribution in [0.5, 0.6) is 0 Å². The fourth-order valence-corrected chi connectivity index (χ4v) is 3.42. The lowest BCUT2D eigenvalue weighted by atomic mass is 10.1. The predicted octanol–water partition coefficient (Wildman–Crippen LogP) is 4.27. The van der Waals surface area contributed by atoms with Gasteiger partial charge in [0.1, 0.15) is 0 Å². The molecule has 4 rings (SSSR count). The number of fused-ring (bicyclic) bond motifs is 1. The van der Waals surface area contributed by atoms with Crippen LogP contribution >= 0.6 is 11.8 Å². The zero-order chi connectivity index (χ0) is 17.8. The lowest BCUT2D eigenvalue weighted by Crippen LogP contribution is -2.11. The molecule has 0 fully saturated rings. The SMILES string of the molecule is O=C(Nc1ccccc1)c1ccc(CSc2nnc3ccccn23)cc1. The predicted molar refractivity (Wildman–Crippen MR) is 103 cm³/mol. The summed E-state index contributed by atoms with van der Waals surface area (Å²) in [5.74, 6) is 0.648. The number of aromatic nitrogens is 3. The summed E-state index contributed by atoms with van der Waals surface area (Å²) in [4.78, 5) is 12.3. The summed E-state index contributed by atoms with van der Waals surface area (Å²) in [5.41, 5.74) is 3.38. The van der Waals surface area contributed by atoms with E-state index in [9.17, 15) is 4.79 Å². The van der Waals surface area contributed by atoms with Crippen LogP contribution in [-0.2, 0) is 5.75 Å². The van der Waals surface area contributed by atoms with Gasteiger partial charge in [-0.1, -0.05) is 48.2 Å². The first kappa shape index (κ1) is 16.4. The van der Waals surface area contributed by atoms with Crippen LogP contribution in [0.3, 0.4) is 0 Å². The van der Waals surface area contributed by atoms with E-state index in [0.717, 1.165) is 27.8 Å². The summed E-state index contributed by atoms with van der Waals surface area (Å²) in [5, 5.41) is 12.1. The van der Waals surface area contributed by atoms with Gasteiger partial charge in [0, 0.05) is 23.2 Å². The van der Waals surface area contributed by atoms with Crippen molar-refractivity contribution in [2.45, 2.75) is 10.9 Å². The van der Waals surface area contributed by atoms with Crippen LogP contribution in [-0.4, -0.2) is 20.5 Å². The van der Waals surface area contributed by atoms with Gasteiger partial charge in [-0.05, 0) is 42.0 Å². The maximum Gasteiger partial charge on any atom is 0.255 e. The van der Waals surface area contributed by atoms with Gasteiger partial charge in [-0.25, -0.2) is 0 Å². The summed E-state index contributed by atoms with van der Waals surface area (Å²) in [6.07, 6.45) is 1.95. The van der Waals surface area contributed by atoms with E-state index >= 15 is 0 Å². The molecule has 5 nitrogen and oxygen atoms in total. The molecule has 0 bridgehead atoms. The fourth-order valence-electron chi connectivity index (χ4n) is 2.54. The number of anilines is 1. The number of nitrogens with one attached hydrogen (secondary N) is 1. The van der Waals surface area contributed by atoms with Crippen molar-refractivity contribution in [3.05, 3.63) is 90.1 Å². The minimum absolute atomic E-state index is 0.112. The van der Waals surface area contributed by atoms with Gasteiger partial charge in [0.25, 0.3) is 5.91 Å². The van der Waals surface area contributed by atoms with Gasteiger partial charge in [0.05, 0.1) is 0 Å². The molecule has 0 spiro atoms. The van der Waals surface area contributed by atoms with E-state index in [4.69, 9.17) is 0 Å². The normalized spacial score (nSPS) is 10.8. The molecule has 0 unspecified atom stereocenters. The molecule has 2 aromatic carbocycles. The number of pyridine rings is 1. The number of nitrogens with zero attached hydrogens (tertiary/aromatic N) is 3. The second kappa shape index (κ2) is 7.41. The Morgan fingerprint density at radius 2 is 1.69 bits per heavy atom. The van der Waals surface area contributed by atoms with Crippen molar-refractivity contribution in [1.29, 1.82) is 0 Å². The van der Waals surface area contributed by atoms with E-state index in [1.165, 1.54) is 0 Å². The van der Waals surface area contributed by atoms with Gasteiger partial charge < -0.3 is 5.32 Å². The summed E-state index contributed by atoms with van der Waals surface area (Å²) < 4.78 is 1.96. The molecule has 2 aromatic heterocycles. The van der Waals surface area contributed by atoms with E-state index in [-0.39, 0.29) is 5.91 Å². The van der Waals surface area contributed by atoms with Crippen LogP contribution in [0.1, 0.15) is 15.9 Å². The Labute approximate surface area is 155 Å². The number of carbonyl (C=O) groups excluding carboxylic acids is 1. The minimum Gasteiger partial charge on any atom is -0.322 e. The molecular formula is C20H16N4OS. The molecule has 0 radical (unpaired) electrons. The van der Waals surface area contributed by atoms with Crippen molar-refractivity contribution in [3.8, 4) is 0 Å². The van der Waals surface area contributed by atoms with Gasteiger partial charge in [-0.3, -0.25) is 9.20 Å². The average Bonchev–Trinajstić information content (AvgIpc) is 3.11. The maximum absolute atomic E-state index is 12.3.